The number of allylic oxidation sites excluding steroid dienone is 2. The highest BCUT2D eigenvalue weighted by atomic mass is 19.1. The molecule has 0 saturated carbocycles. The van der Waals surface area contributed by atoms with Crippen molar-refractivity contribution in [3.8, 4) is 0 Å². The molecule has 0 radical (unpaired) electrons. The van der Waals surface area contributed by atoms with Crippen molar-refractivity contribution in [3.05, 3.63) is 59.2 Å². The van der Waals surface area contributed by atoms with Gasteiger partial charge in [0.2, 0.25) is 5.60 Å². The van der Waals surface area contributed by atoms with Crippen molar-refractivity contribution in [2.75, 3.05) is 0 Å². The zero-order valence-corrected chi connectivity index (χ0v) is 17.8. The van der Waals surface area contributed by atoms with E-state index in [1.54, 1.807) is 12.3 Å². The molecule has 4 rings (SSSR count). The van der Waals surface area contributed by atoms with E-state index < -0.39 is 29.3 Å². The zero-order valence-electron chi connectivity index (χ0n) is 17.8. The highest BCUT2D eigenvalue weighted by Crippen LogP contribution is 2.34. The highest BCUT2D eigenvalue weighted by Gasteiger charge is 2.52. The van der Waals surface area contributed by atoms with Crippen molar-refractivity contribution in [1.29, 1.82) is 0 Å². The van der Waals surface area contributed by atoms with Crippen LogP contribution in [-0.4, -0.2) is 45.1 Å². The molecule has 1 saturated heterocycles. The molecule has 2 aliphatic heterocycles. The Morgan fingerprint density at radius 1 is 1.41 bits per heavy atom. The summed E-state index contributed by atoms with van der Waals surface area (Å²) in [5, 5.41) is 17.2. The third-order valence-corrected chi connectivity index (χ3v) is 5.63. The fourth-order valence-corrected chi connectivity index (χ4v) is 4.18. The van der Waals surface area contributed by atoms with E-state index in [9.17, 15) is 19.1 Å². The smallest absolute Gasteiger partial charge is 0.310 e. The average Bonchev–Trinajstić information content (AvgIpc) is 3.28. The minimum atomic E-state index is -2.28. The van der Waals surface area contributed by atoms with Gasteiger partial charge in [0.15, 0.2) is 0 Å². The van der Waals surface area contributed by atoms with Crippen LogP contribution in [0.25, 0.3) is 6.08 Å². The lowest BCUT2D eigenvalue weighted by atomic mass is 9.89. The third kappa shape index (κ3) is 3.95. The monoisotopic (exact) mass is 441 g/mol. The summed E-state index contributed by atoms with van der Waals surface area (Å²) < 4.78 is 17.5. The lowest BCUT2D eigenvalue weighted by Crippen LogP contribution is -2.55. The molecule has 1 amide bonds. The number of amides is 1. The van der Waals surface area contributed by atoms with Gasteiger partial charge < -0.3 is 20.0 Å². The number of hydrogen-bond donors (Lipinski definition) is 2. The maximum atomic E-state index is 13.3. The number of pyridine rings is 1. The van der Waals surface area contributed by atoms with Gasteiger partial charge in [-0.15, -0.1) is 0 Å². The summed E-state index contributed by atoms with van der Waals surface area (Å²) in [5.41, 5.74) is 2.55. The van der Waals surface area contributed by atoms with E-state index in [0.29, 0.717) is 17.5 Å². The number of halogens is 1. The lowest BCUT2D eigenvalue weighted by Gasteiger charge is -2.29. The van der Waals surface area contributed by atoms with Crippen LogP contribution in [-0.2, 0) is 25.6 Å². The van der Waals surface area contributed by atoms with Crippen molar-refractivity contribution in [1.82, 2.24) is 10.3 Å². The highest BCUT2D eigenvalue weighted by molar-refractivity contribution is 6.07. The second-order valence-corrected chi connectivity index (χ2v) is 8.34. The summed E-state index contributed by atoms with van der Waals surface area (Å²) in [5.74, 6) is -3.67. The fraction of sp³-hybridized carbons (Fsp3) is 0.391. The molecule has 2 N–H and O–H groups in total. The number of nitrogens with zero attached hydrogens (tertiary/aromatic N) is 2. The molecule has 32 heavy (non-hydrogen) atoms. The van der Waals surface area contributed by atoms with E-state index in [-0.39, 0.29) is 19.2 Å². The number of carbonyl (C=O) groups excluding carboxylic acids is 2. The van der Waals surface area contributed by atoms with Gasteiger partial charge in [0.05, 0.1) is 24.9 Å². The number of hydrogen-bond acceptors (Lipinski definition) is 7. The fourth-order valence-electron chi connectivity index (χ4n) is 4.18. The van der Waals surface area contributed by atoms with E-state index in [1.165, 1.54) is 0 Å². The Kier molecular flexibility index (Phi) is 5.68. The SMILES string of the molecule is CC(C)=CC1(C(=O)N[C@@H]2CC(=O)O[C@@]2(O)C=CF)CC(c2nccc3c2C=CCC3)=NO1. The number of cyclic esters (lactones) is 1. The van der Waals surface area contributed by atoms with Crippen LogP contribution < -0.4 is 5.32 Å². The number of rotatable bonds is 5. The minimum absolute atomic E-state index is 0.0641. The Hall–Kier alpha value is -3.33. The number of aryl methyl sites for hydroxylation is 1. The third-order valence-electron chi connectivity index (χ3n) is 5.63. The molecule has 0 bridgehead atoms. The van der Waals surface area contributed by atoms with Gasteiger partial charge in [-0.3, -0.25) is 14.6 Å². The summed E-state index contributed by atoms with van der Waals surface area (Å²) >= 11 is 0. The van der Waals surface area contributed by atoms with Crippen LogP contribution in [0.4, 0.5) is 4.39 Å². The van der Waals surface area contributed by atoms with Gasteiger partial charge >= 0.3 is 5.97 Å². The first kappa shape index (κ1) is 21.9. The van der Waals surface area contributed by atoms with E-state index in [1.807, 2.05) is 26.0 Å². The molecule has 8 nitrogen and oxygen atoms in total. The molecule has 1 aromatic heterocycles. The van der Waals surface area contributed by atoms with Crippen LogP contribution in [0.5, 0.6) is 0 Å². The molecule has 1 unspecified atom stereocenters. The van der Waals surface area contributed by atoms with Crippen molar-refractivity contribution in [3.63, 3.8) is 0 Å². The Morgan fingerprint density at radius 2 is 2.22 bits per heavy atom. The van der Waals surface area contributed by atoms with Gasteiger partial charge in [-0.1, -0.05) is 22.9 Å². The first-order valence-corrected chi connectivity index (χ1v) is 10.4. The Balaban J connectivity index is 1.62. The summed E-state index contributed by atoms with van der Waals surface area (Å²) in [6.07, 6.45) is 9.77. The number of fused-ring (bicyclic) bond motifs is 1. The molecule has 1 fully saturated rings. The van der Waals surface area contributed by atoms with Crippen LogP contribution in [0.15, 0.2) is 47.5 Å². The molecule has 9 heteroatoms. The minimum Gasteiger partial charge on any atom is -0.427 e. The van der Waals surface area contributed by atoms with Crippen molar-refractivity contribution >= 4 is 23.7 Å². The van der Waals surface area contributed by atoms with Crippen LogP contribution >= 0.6 is 0 Å². The molecule has 3 heterocycles. The first-order chi connectivity index (χ1) is 15.3. The molecule has 0 spiro atoms. The average molecular weight is 441 g/mol. The number of esters is 1. The number of aromatic nitrogens is 1. The van der Waals surface area contributed by atoms with E-state index in [2.05, 4.69) is 21.5 Å². The number of oxime groups is 1. The van der Waals surface area contributed by atoms with E-state index >= 15 is 0 Å². The second-order valence-electron chi connectivity index (χ2n) is 8.34. The van der Waals surface area contributed by atoms with Gasteiger partial charge in [0.25, 0.3) is 11.7 Å². The molecular weight excluding hydrogens is 417 g/mol. The molecule has 168 valence electrons. The summed E-state index contributed by atoms with van der Waals surface area (Å²) in [4.78, 5) is 35.2. The molecule has 3 aliphatic rings. The number of aliphatic hydroxyl groups is 1. The van der Waals surface area contributed by atoms with Gasteiger partial charge in [-0.2, -0.15) is 0 Å². The predicted molar refractivity (Wildman–Crippen MR) is 114 cm³/mol. The number of carbonyl (C=O) groups is 2. The summed E-state index contributed by atoms with van der Waals surface area (Å²) in [6.45, 7) is 3.62. The van der Waals surface area contributed by atoms with Gasteiger partial charge in [0, 0.05) is 17.8 Å². The molecule has 0 aromatic carbocycles. The number of nitrogens with one attached hydrogen (secondary N) is 1. The zero-order chi connectivity index (χ0) is 22.9. The van der Waals surface area contributed by atoms with Crippen molar-refractivity contribution < 1.29 is 28.7 Å². The maximum absolute atomic E-state index is 13.3. The quantitative estimate of drug-likeness (QED) is 0.537. The lowest BCUT2D eigenvalue weighted by molar-refractivity contribution is -0.177. The Labute approximate surface area is 184 Å². The van der Waals surface area contributed by atoms with Crippen LogP contribution in [0.2, 0.25) is 0 Å². The molecular formula is C23H24FN3O5. The normalized spacial score (nSPS) is 28.7. The molecule has 1 aromatic rings. The maximum Gasteiger partial charge on any atom is 0.310 e. The predicted octanol–water partition coefficient (Wildman–Crippen LogP) is 2.47. The van der Waals surface area contributed by atoms with Crippen LogP contribution in [0.3, 0.4) is 0 Å². The summed E-state index contributed by atoms with van der Waals surface area (Å²) in [7, 11) is 0. The number of ether oxygens (including phenoxy) is 1. The first-order valence-electron chi connectivity index (χ1n) is 10.4. The van der Waals surface area contributed by atoms with Crippen molar-refractivity contribution in [2.24, 2.45) is 5.16 Å². The Morgan fingerprint density at radius 3 is 2.97 bits per heavy atom. The Bertz CT molecular complexity index is 1080. The largest absolute Gasteiger partial charge is 0.427 e. The van der Waals surface area contributed by atoms with Crippen molar-refractivity contribution in [2.45, 2.75) is 57.0 Å². The van der Waals surface area contributed by atoms with Gasteiger partial charge in [0.1, 0.15) is 11.8 Å². The van der Waals surface area contributed by atoms with Gasteiger partial charge in [-0.05, 0) is 44.4 Å². The molecule has 1 aliphatic carbocycles. The molecule has 3 atom stereocenters. The van der Waals surface area contributed by atoms with Crippen LogP contribution in [0.1, 0.15) is 49.9 Å². The standard InChI is InChI=1S/C23H24FN3O5/c1-14(2)12-22(21(29)26-18-11-19(28)31-23(18,30)8-9-24)13-17(27-32-22)20-16-6-4-3-5-15(16)7-10-25-20/h4,6-10,12,18,30H,3,5,11,13H2,1-2H3,(H,26,29)/t18-,22?,23+/m1/s1. The van der Waals surface area contributed by atoms with Gasteiger partial charge in [-0.25, -0.2) is 4.39 Å². The van der Waals surface area contributed by atoms with Crippen LogP contribution in [0, 0.1) is 0 Å². The summed E-state index contributed by atoms with van der Waals surface area (Å²) in [6, 6.07) is 0.778. The second kappa shape index (κ2) is 8.31. The van der Waals surface area contributed by atoms with E-state index in [0.717, 1.165) is 29.5 Å². The van der Waals surface area contributed by atoms with E-state index in [4.69, 9.17) is 9.57 Å². The topological polar surface area (TPSA) is 110 Å².